The van der Waals surface area contributed by atoms with E-state index in [1.807, 2.05) is 18.2 Å². The van der Waals surface area contributed by atoms with Crippen LogP contribution in [0.3, 0.4) is 0 Å². The van der Waals surface area contributed by atoms with E-state index in [0.29, 0.717) is 17.4 Å². The highest BCUT2D eigenvalue weighted by Gasteiger charge is 2.43. The van der Waals surface area contributed by atoms with E-state index in [4.69, 9.17) is 0 Å². The zero-order valence-corrected chi connectivity index (χ0v) is 19.5. The molecule has 0 unspecified atom stereocenters. The Kier molecular flexibility index (Phi) is 9.55. The van der Waals surface area contributed by atoms with Crippen LogP contribution < -0.4 is 0 Å². The van der Waals surface area contributed by atoms with Crippen molar-refractivity contribution >= 4 is 5.97 Å². The number of rotatable bonds is 13. The fourth-order valence-corrected chi connectivity index (χ4v) is 5.54. The van der Waals surface area contributed by atoms with Gasteiger partial charge in [0.25, 0.3) is 0 Å². The largest absolute Gasteiger partial charge is 0.478 e. The maximum atomic E-state index is 11.3. The van der Waals surface area contributed by atoms with Crippen LogP contribution in [0.2, 0.25) is 0 Å². The lowest BCUT2D eigenvalue weighted by Gasteiger charge is -2.19. The summed E-state index contributed by atoms with van der Waals surface area (Å²) in [6, 6.07) is 7.30. The van der Waals surface area contributed by atoms with Crippen LogP contribution in [0.25, 0.3) is 0 Å². The monoisotopic (exact) mass is 440 g/mol. The Morgan fingerprint density at radius 3 is 2.69 bits per heavy atom. The van der Waals surface area contributed by atoms with Crippen LogP contribution in [0.5, 0.6) is 0 Å². The third-order valence-electron chi connectivity index (χ3n) is 7.30. The van der Waals surface area contributed by atoms with E-state index < -0.39 is 12.1 Å². The van der Waals surface area contributed by atoms with Crippen LogP contribution in [0, 0.1) is 17.8 Å². The summed E-state index contributed by atoms with van der Waals surface area (Å²) < 4.78 is 0. The van der Waals surface area contributed by atoms with Crippen LogP contribution in [0.1, 0.15) is 87.1 Å². The van der Waals surface area contributed by atoms with Crippen molar-refractivity contribution in [3.05, 3.63) is 59.2 Å². The molecule has 32 heavy (non-hydrogen) atoms. The second kappa shape index (κ2) is 12.4. The summed E-state index contributed by atoms with van der Waals surface area (Å²) in [5, 5.41) is 30.0. The predicted octanol–water partition coefficient (Wildman–Crippen LogP) is 5.93. The highest BCUT2D eigenvalue weighted by Crippen LogP contribution is 2.48. The summed E-state index contributed by atoms with van der Waals surface area (Å²) in [7, 11) is 0. The van der Waals surface area contributed by atoms with Crippen molar-refractivity contribution in [1.29, 1.82) is 0 Å². The molecule has 176 valence electrons. The quantitative estimate of drug-likeness (QED) is 0.262. The van der Waals surface area contributed by atoms with Crippen LogP contribution in [0.4, 0.5) is 0 Å². The van der Waals surface area contributed by atoms with Gasteiger partial charge in [-0.1, -0.05) is 74.6 Å². The molecular weight excluding hydrogens is 400 g/mol. The first-order valence-corrected chi connectivity index (χ1v) is 12.5. The van der Waals surface area contributed by atoms with Gasteiger partial charge in [0.15, 0.2) is 0 Å². The summed E-state index contributed by atoms with van der Waals surface area (Å²) in [4.78, 5) is 11.3. The average molecular weight is 441 g/mol. The molecule has 1 fully saturated rings. The smallest absolute Gasteiger partial charge is 0.335 e. The van der Waals surface area contributed by atoms with Crippen LogP contribution in [0.15, 0.2) is 48.1 Å². The van der Waals surface area contributed by atoms with Crippen LogP contribution in [-0.4, -0.2) is 33.5 Å². The van der Waals surface area contributed by atoms with Gasteiger partial charge in [-0.05, 0) is 68.4 Å². The molecule has 0 saturated heterocycles. The first-order valence-electron chi connectivity index (χ1n) is 12.5. The molecule has 0 spiro atoms. The van der Waals surface area contributed by atoms with Gasteiger partial charge in [0.1, 0.15) is 0 Å². The molecule has 2 aliphatic carbocycles. The van der Waals surface area contributed by atoms with Gasteiger partial charge < -0.3 is 15.3 Å². The van der Waals surface area contributed by atoms with Gasteiger partial charge in [-0.3, -0.25) is 0 Å². The van der Waals surface area contributed by atoms with E-state index in [1.54, 1.807) is 12.1 Å². The van der Waals surface area contributed by atoms with E-state index >= 15 is 0 Å². The van der Waals surface area contributed by atoms with Gasteiger partial charge in [-0.15, -0.1) is 0 Å². The number of unbranched alkanes of at least 4 members (excludes halogenated alkanes) is 4. The molecule has 3 N–H and O–H groups in total. The molecule has 4 heteroatoms. The van der Waals surface area contributed by atoms with Crippen molar-refractivity contribution in [3.8, 4) is 0 Å². The van der Waals surface area contributed by atoms with E-state index in [2.05, 4.69) is 19.1 Å². The minimum atomic E-state index is -0.845. The Morgan fingerprint density at radius 2 is 1.91 bits per heavy atom. The first kappa shape index (κ1) is 24.7. The summed E-state index contributed by atoms with van der Waals surface area (Å²) in [6.07, 6.45) is 16.9. The number of hydrogen-bond donors (Lipinski definition) is 3. The number of hydrogen-bond acceptors (Lipinski definition) is 3. The molecule has 0 amide bonds. The average Bonchev–Trinajstić information content (AvgIpc) is 3.28. The maximum Gasteiger partial charge on any atom is 0.335 e. The van der Waals surface area contributed by atoms with Crippen molar-refractivity contribution in [2.75, 3.05) is 0 Å². The number of carboxylic acids is 1. The number of carbonyl (C=O) groups is 1. The van der Waals surface area contributed by atoms with Crippen molar-refractivity contribution in [2.45, 2.75) is 89.8 Å². The SMILES string of the molecule is CCCCC[C@H](O)C=C[C@H]1[C@H]2CC(CCCCCc3ccccc3C(=O)O)=C[C@H]2C[C@H]1O. The zero-order valence-electron chi connectivity index (χ0n) is 19.5. The summed E-state index contributed by atoms with van der Waals surface area (Å²) in [5.74, 6) is 0.250. The molecule has 0 heterocycles. The second-order valence-corrected chi connectivity index (χ2v) is 9.71. The molecule has 1 aromatic rings. The number of fused-ring (bicyclic) bond motifs is 1. The highest BCUT2D eigenvalue weighted by atomic mass is 16.4. The Labute approximate surface area is 193 Å². The molecule has 2 aliphatic rings. The molecule has 0 aromatic heterocycles. The second-order valence-electron chi connectivity index (χ2n) is 9.71. The minimum Gasteiger partial charge on any atom is -0.478 e. The lowest BCUT2D eigenvalue weighted by atomic mass is 9.88. The van der Waals surface area contributed by atoms with E-state index in [0.717, 1.165) is 76.2 Å². The lowest BCUT2D eigenvalue weighted by molar-refractivity contribution is 0.0695. The van der Waals surface area contributed by atoms with E-state index in [9.17, 15) is 20.1 Å². The van der Waals surface area contributed by atoms with Gasteiger partial charge in [0.2, 0.25) is 0 Å². The molecule has 1 aromatic carbocycles. The molecule has 4 nitrogen and oxygen atoms in total. The maximum absolute atomic E-state index is 11.3. The number of benzene rings is 1. The van der Waals surface area contributed by atoms with Gasteiger partial charge in [0, 0.05) is 5.92 Å². The third-order valence-corrected chi connectivity index (χ3v) is 7.30. The fourth-order valence-electron chi connectivity index (χ4n) is 5.54. The van der Waals surface area contributed by atoms with Crippen molar-refractivity contribution in [3.63, 3.8) is 0 Å². The number of aliphatic hydroxyl groups excluding tert-OH is 2. The Balaban J connectivity index is 1.40. The molecular formula is C28H40O4. The Hall–Kier alpha value is -1.91. The van der Waals surface area contributed by atoms with Crippen molar-refractivity contribution < 1.29 is 20.1 Å². The minimum absolute atomic E-state index is 0.155. The van der Waals surface area contributed by atoms with E-state index in [-0.39, 0.29) is 12.0 Å². The Morgan fingerprint density at radius 1 is 1.12 bits per heavy atom. The summed E-state index contributed by atoms with van der Waals surface area (Å²) in [6.45, 7) is 2.17. The predicted molar refractivity (Wildman–Crippen MR) is 129 cm³/mol. The summed E-state index contributed by atoms with van der Waals surface area (Å²) >= 11 is 0. The Bertz CT molecular complexity index is 796. The van der Waals surface area contributed by atoms with E-state index in [1.165, 1.54) is 5.57 Å². The number of carboxylic acid groups (broad SMARTS) is 1. The van der Waals surface area contributed by atoms with Crippen molar-refractivity contribution in [1.82, 2.24) is 0 Å². The normalized spacial score (nSPS) is 25.8. The van der Waals surface area contributed by atoms with Crippen molar-refractivity contribution in [2.24, 2.45) is 17.8 Å². The molecule has 0 bridgehead atoms. The first-order chi connectivity index (χ1) is 15.5. The van der Waals surface area contributed by atoms with Gasteiger partial charge in [0.05, 0.1) is 17.8 Å². The number of aromatic carboxylic acids is 1. The van der Waals surface area contributed by atoms with Gasteiger partial charge in [-0.2, -0.15) is 0 Å². The summed E-state index contributed by atoms with van der Waals surface area (Å²) in [5.41, 5.74) is 2.86. The standard InChI is InChI=1S/C28H40O4/c1-2-3-5-13-23(29)15-16-25-26-18-20(17-22(26)19-27(25)30)10-6-4-7-11-21-12-8-9-14-24(21)28(31)32/h8-9,12,14-17,22-23,25-27,29-30H,2-7,10-11,13,18-19H2,1H3,(H,31,32)/t22-,23-,25-,26-,27+/m0/s1. The number of aryl methyl sites for hydroxylation is 1. The van der Waals surface area contributed by atoms with Gasteiger partial charge >= 0.3 is 5.97 Å². The number of aliphatic hydroxyl groups is 2. The lowest BCUT2D eigenvalue weighted by Crippen LogP contribution is -2.18. The fraction of sp³-hybridized carbons (Fsp3) is 0.607. The van der Waals surface area contributed by atoms with Crippen LogP contribution in [-0.2, 0) is 6.42 Å². The third kappa shape index (κ3) is 6.79. The molecule has 5 atom stereocenters. The zero-order chi connectivity index (χ0) is 22.9. The van der Waals surface area contributed by atoms with Crippen LogP contribution >= 0.6 is 0 Å². The molecule has 1 saturated carbocycles. The topological polar surface area (TPSA) is 77.8 Å². The van der Waals surface area contributed by atoms with Gasteiger partial charge in [-0.25, -0.2) is 4.79 Å². The molecule has 0 radical (unpaired) electrons. The highest BCUT2D eigenvalue weighted by molar-refractivity contribution is 5.89. The number of allylic oxidation sites excluding steroid dienone is 2. The molecule has 0 aliphatic heterocycles. The molecule has 3 rings (SSSR count).